The fourth-order valence-electron chi connectivity index (χ4n) is 5.11. The molecule has 1 atom stereocenters. The van der Waals surface area contributed by atoms with Crippen molar-refractivity contribution in [3.63, 3.8) is 0 Å². The van der Waals surface area contributed by atoms with E-state index in [0.717, 1.165) is 11.6 Å². The molecule has 3 saturated carbocycles. The average Bonchev–Trinajstić information content (AvgIpc) is 3.32. The Kier molecular flexibility index (Phi) is 6.04. The van der Waals surface area contributed by atoms with Crippen LogP contribution in [0, 0.1) is 5.82 Å². The number of aliphatic hydroxyl groups is 1. The van der Waals surface area contributed by atoms with Crippen molar-refractivity contribution in [2.24, 2.45) is 0 Å². The molecule has 1 aromatic heterocycles. The van der Waals surface area contributed by atoms with Crippen LogP contribution in [0.2, 0.25) is 10.0 Å². The number of oxazole rings is 1. The monoisotopic (exact) mass is 504 g/mol. The number of ether oxygens (including phenoxy) is 1. The lowest BCUT2D eigenvalue weighted by Gasteiger charge is -2.54. The Balaban J connectivity index is 1.24. The van der Waals surface area contributed by atoms with E-state index >= 15 is 0 Å². The molecule has 1 heterocycles. The van der Waals surface area contributed by atoms with Crippen LogP contribution in [0.4, 0.5) is 4.39 Å². The summed E-state index contributed by atoms with van der Waals surface area (Å²) in [5.41, 5.74) is -0.227. The van der Waals surface area contributed by atoms with Gasteiger partial charge in [-0.2, -0.15) is 0 Å². The van der Waals surface area contributed by atoms with Gasteiger partial charge in [-0.05, 0) is 68.5 Å². The number of benzene rings is 2. The summed E-state index contributed by atoms with van der Waals surface area (Å²) in [6.45, 7) is -0.256. The first-order chi connectivity index (χ1) is 16.3. The Hall–Kier alpha value is -2.61. The van der Waals surface area contributed by atoms with Crippen molar-refractivity contribution in [1.29, 1.82) is 0 Å². The van der Waals surface area contributed by atoms with Crippen LogP contribution in [0.25, 0.3) is 11.3 Å². The number of aliphatic hydroxyl groups excluding tert-OH is 1. The summed E-state index contributed by atoms with van der Waals surface area (Å²) in [4.78, 5) is 17.1. The summed E-state index contributed by atoms with van der Waals surface area (Å²) in [5, 5.41) is 14.8. The minimum atomic E-state index is -0.710. The van der Waals surface area contributed by atoms with Crippen LogP contribution < -0.4 is 10.1 Å². The van der Waals surface area contributed by atoms with Crippen LogP contribution in [0.15, 0.2) is 53.1 Å². The third-order valence-electron chi connectivity index (χ3n) is 7.05. The number of fused-ring (bicyclic) bond motifs is 3. The van der Waals surface area contributed by atoms with Crippen molar-refractivity contribution in [2.45, 2.75) is 49.2 Å². The standard InChI is InChI=1S/C25H23Cl2FN2O4/c26-16-3-1-15(2-4-16)20-13-29-23(34-20)25-9-7-24(8-10-25,12-21(25)31)30-22(32)14-33-17-5-6-18(27)19(28)11-17/h1-6,11,13,21,31H,7-10,12,14H2,(H,30,32)/t21-,24?,25?/m1/s1. The van der Waals surface area contributed by atoms with Crippen molar-refractivity contribution in [3.05, 3.63) is 70.4 Å². The van der Waals surface area contributed by atoms with E-state index in [-0.39, 0.29) is 23.3 Å². The van der Waals surface area contributed by atoms with Gasteiger partial charge in [0.15, 0.2) is 12.4 Å². The van der Waals surface area contributed by atoms with E-state index in [1.54, 1.807) is 18.3 Å². The fraction of sp³-hybridized carbons (Fsp3) is 0.360. The van der Waals surface area contributed by atoms with Crippen molar-refractivity contribution >= 4 is 29.1 Å². The molecule has 3 fully saturated rings. The molecule has 1 amide bonds. The topological polar surface area (TPSA) is 84.6 Å². The number of hydrogen-bond acceptors (Lipinski definition) is 5. The molecular weight excluding hydrogens is 482 g/mol. The SMILES string of the molecule is O=C(COc1ccc(Cl)c(F)c1)NC12CCC(c3ncc(-c4ccc(Cl)cc4)o3)(CC1)[C@H](O)C2. The Morgan fingerprint density at radius 3 is 2.59 bits per heavy atom. The number of nitrogens with zero attached hydrogens (tertiary/aromatic N) is 1. The lowest BCUT2D eigenvalue weighted by molar-refractivity contribution is -0.129. The Bertz CT molecular complexity index is 1210. The molecule has 6 nitrogen and oxygen atoms in total. The molecule has 0 spiro atoms. The number of halogens is 3. The number of aromatic nitrogens is 1. The fourth-order valence-corrected chi connectivity index (χ4v) is 5.35. The average molecular weight is 505 g/mol. The van der Waals surface area contributed by atoms with E-state index < -0.39 is 22.9 Å². The van der Waals surface area contributed by atoms with E-state index in [4.69, 9.17) is 32.4 Å². The highest BCUT2D eigenvalue weighted by Crippen LogP contribution is 2.53. The van der Waals surface area contributed by atoms with Gasteiger partial charge in [-0.1, -0.05) is 23.2 Å². The molecule has 6 rings (SSSR count). The second-order valence-electron chi connectivity index (χ2n) is 9.11. The maximum absolute atomic E-state index is 13.6. The van der Waals surface area contributed by atoms with Gasteiger partial charge in [0.1, 0.15) is 11.6 Å². The van der Waals surface area contributed by atoms with Crippen LogP contribution in [-0.4, -0.2) is 34.2 Å². The van der Waals surface area contributed by atoms with Gasteiger partial charge in [0.05, 0.1) is 22.7 Å². The predicted octanol–water partition coefficient (Wildman–Crippen LogP) is 5.30. The van der Waals surface area contributed by atoms with E-state index in [1.807, 2.05) is 12.1 Å². The summed E-state index contributed by atoms with van der Waals surface area (Å²) < 4.78 is 25.1. The van der Waals surface area contributed by atoms with Gasteiger partial charge in [0, 0.05) is 22.2 Å². The highest BCUT2D eigenvalue weighted by molar-refractivity contribution is 6.31. The Morgan fingerprint density at radius 1 is 1.18 bits per heavy atom. The zero-order valence-corrected chi connectivity index (χ0v) is 19.7. The van der Waals surface area contributed by atoms with E-state index in [1.165, 1.54) is 12.1 Å². The van der Waals surface area contributed by atoms with Crippen molar-refractivity contribution in [2.75, 3.05) is 6.61 Å². The molecule has 9 heteroatoms. The molecule has 0 aliphatic heterocycles. The van der Waals surface area contributed by atoms with Crippen molar-refractivity contribution in [1.82, 2.24) is 10.3 Å². The first kappa shape index (κ1) is 23.1. The maximum atomic E-state index is 13.6. The molecule has 3 aliphatic carbocycles. The number of rotatable bonds is 6. The summed E-state index contributed by atoms with van der Waals surface area (Å²) in [6, 6.07) is 11.3. The molecule has 0 radical (unpaired) electrons. The first-order valence-electron chi connectivity index (χ1n) is 11.1. The highest BCUT2D eigenvalue weighted by Gasteiger charge is 2.57. The molecule has 0 saturated heterocycles. The van der Waals surface area contributed by atoms with Crippen molar-refractivity contribution < 1.29 is 23.4 Å². The largest absolute Gasteiger partial charge is 0.484 e. The molecular formula is C25H23Cl2FN2O4. The van der Waals surface area contributed by atoms with Gasteiger partial charge in [-0.25, -0.2) is 9.37 Å². The number of hydrogen-bond donors (Lipinski definition) is 2. The second kappa shape index (κ2) is 8.87. The first-order valence-corrected chi connectivity index (χ1v) is 11.8. The summed E-state index contributed by atoms with van der Waals surface area (Å²) >= 11 is 11.6. The molecule has 34 heavy (non-hydrogen) atoms. The third-order valence-corrected chi connectivity index (χ3v) is 7.61. The van der Waals surface area contributed by atoms with Crippen LogP contribution in [-0.2, 0) is 10.2 Å². The molecule has 0 unspecified atom stereocenters. The van der Waals surface area contributed by atoms with Crippen LogP contribution in [0.5, 0.6) is 5.75 Å². The van der Waals surface area contributed by atoms with Gasteiger partial charge < -0.3 is 19.6 Å². The molecule has 3 aliphatic rings. The quantitative estimate of drug-likeness (QED) is 0.475. The molecule has 2 bridgehead atoms. The minimum absolute atomic E-state index is 0.0103. The number of nitrogens with one attached hydrogen (secondary N) is 1. The lowest BCUT2D eigenvalue weighted by Crippen LogP contribution is -2.64. The van der Waals surface area contributed by atoms with Gasteiger partial charge >= 0.3 is 0 Å². The van der Waals surface area contributed by atoms with Gasteiger partial charge in [-0.3, -0.25) is 4.79 Å². The van der Waals surface area contributed by atoms with Crippen molar-refractivity contribution in [3.8, 4) is 17.1 Å². The number of amides is 1. The van der Waals surface area contributed by atoms with Crippen LogP contribution in [0.3, 0.4) is 0 Å². The van der Waals surface area contributed by atoms with E-state index in [2.05, 4.69) is 10.3 Å². The number of carbonyl (C=O) groups excluding carboxylic acids is 1. The summed E-state index contributed by atoms with van der Waals surface area (Å²) in [6.07, 6.45) is 4.01. The van der Waals surface area contributed by atoms with Crippen LogP contribution >= 0.6 is 23.2 Å². The number of carbonyl (C=O) groups is 1. The highest BCUT2D eigenvalue weighted by atomic mass is 35.5. The van der Waals surface area contributed by atoms with E-state index in [0.29, 0.717) is 48.8 Å². The second-order valence-corrected chi connectivity index (χ2v) is 9.95. The lowest BCUT2D eigenvalue weighted by atomic mass is 9.55. The Morgan fingerprint density at radius 2 is 1.91 bits per heavy atom. The zero-order chi connectivity index (χ0) is 23.9. The molecule has 3 aromatic rings. The minimum Gasteiger partial charge on any atom is -0.484 e. The normalized spacial score (nSPS) is 25.8. The molecule has 178 valence electrons. The Labute approximate surface area is 206 Å². The van der Waals surface area contributed by atoms with Gasteiger partial charge in [0.2, 0.25) is 5.89 Å². The zero-order valence-electron chi connectivity index (χ0n) is 18.2. The summed E-state index contributed by atoms with van der Waals surface area (Å²) in [7, 11) is 0. The third kappa shape index (κ3) is 4.28. The smallest absolute Gasteiger partial charge is 0.258 e. The van der Waals surface area contributed by atoms with Gasteiger partial charge in [-0.15, -0.1) is 0 Å². The molecule has 2 N–H and O–H groups in total. The van der Waals surface area contributed by atoms with E-state index in [9.17, 15) is 14.3 Å². The maximum Gasteiger partial charge on any atom is 0.258 e. The summed E-state index contributed by atoms with van der Waals surface area (Å²) in [5.74, 6) is 0.444. The van der Waals surface area contributed by atoms with Crippen LogP contribution in [0.1, 0.15) is 38.0 Å². The van der Waals surface area contributed by atoms with Gasteiger partial charge in [0.25, 0.3) is 5.91 Å². The predicted molar refractivity (Wildman–Crippen MR) is 125 cm³/mol. The molecule has 2 aromatic carbocycles.